The molecule has 0 saturated heterocycles. The van der Waals surface area contributed by atoms with Crippen LogP contribution in [0.25, 0.3) is 0 Å². The Bertz CT molecular complexity index is 696. The number of pyridine rings is 1. The number of fused-ring (bicyclic) bond motifs is 1. The molecule has 0 radical (unpaired) electrons. The summed E-state index contributed by atoms with van der Waals surface area (Å²) in [5.74, 6) is 0. The summed E-state index contributed by atoms with van der Waals surface area (Å²) < 4.78 is 0. The smallest absolute Gasteiger partial charge is 0.0620 e. The molecule has 2 aliphatic rings. The van der Waals surface area contributed by atoms with E-state index in [1.54, 1.807) is 12.4 Å². The van der Waals surface area contributed by atoms with Gasteiger partial charge in [-0.1, -0.05) is 24.6 Å². The zero-order valence-corrected chi connectivity index (χ0v) is 14.9. The molecule has 3 nitrogen and oxygen atoms in total. The molecule has 1 aromatic heterocycles. The summed E-state index contributed by atoms with van der Waals surface area (Å²) in [5, 5.41) is 10.4. The van der Waals surface area contributed by atoms with Gasteiger partial charge in [-0.05, 0) is 72.9 Å². The molecule has 0 spiro atoms. The summed E-state index contributed by atoms with van der Waals surface area (Å²) in [6.07, 6.45) is 11.2. The number of nitrogens with zero attached hydrogens (tertiary/aromatic N) is 2. The van der Waals surface area contributed by atoms with Crippen LogP contribution in [0.5, 0.6) is 0 Å². The topological polar surface area (TPSA) is 36.4 Å². The zero-order chi connectivity index (χ0) is 17.1. The molecular formula is C22H28N2O. The summed E-state index contributed by atoms with van der Waals surface area (Å²) in [7, 11) is 0. The van der Waals surface area contributed by atoms with Crippen LogP contribution in [-0.4, -0.2) is 40.2 Å². The van der Waals surface area contributed by atoms with Gasteiger partial charge in [0, 0.05) is 31.5 Å². The second-order valence-corrected chi connectivity index (χ2v) is 7.64. The second kappa shape index (κ2) is 7.67. The first kappa shape index (κ1) is 16.7. The Kier molecular flexibility index (Phi) is 5.14. The van der Waals surface area contributed by atoms with E-state index < -0.39 is 0 Å². The minimum atomic E-state index is -0.335. The molecule has 1 aliphatic heterocycles. The highest BCUT2D eigenvalue weighted by molar-refractivity contribution is 5.34. The molecule has 1 aromatic carbocycles. The summed E-state index contributed by atoms with van der Waals surface area (Å²) in [5.41, 5.74) is 5.41. The van der Waals surface area contributed by atoms with Crippen molar-refractivity contribution in [3.63, 3.8) is 0 Å². The van der Waals surface area contributed by atoms with Gasteiger partial charge in [-0.2, -0.15) is 0 Å². The maximum atomic E-state index is 10.4. The first-order chi connectivity index (χ1) is 12.3. The molecular weight excluding hydrogens is 308 g/mol. The molecule has 3 heteroatoms. The summed E-state index contributed by atoms with van der Waals surface area (Å²) >= 11 is 0. The van der Waals surface area contributed by atoms with Crippen LogP contribution in [0.4, 0.5) is 0 Å². The van der Waals surface area contributed by atoms with Gasteiger partial charge in [0.2, 0.25) is 0 Å². The Morgan fingerprint density at radius 3 is 2.40 bits per heavy atom. The van der Waals surface area contributed by atoms with E-state index in [9.17, 15) is 5.11 Å². The van der Waals surface area contributed by atoms with Gasteiger partial charge in [0.25, 0.3) is 0 Å². The minimum absolute atomic E-state index is 0.335. The number of hydrogen-bond acceptors (Lipinski definition) is 3. The highest BCUT2D eigenvalue weighted by Crippen LogP contribution is 2.27. The van der Waals surface area contributed by atoms with E-state index in [0.29, 0.717) is 6.42 Å². The third-order valence-corrected chi connectivity index (χ3v) is 5.89. The van der Waals surface area contributed by atoms with Crippen LogP contribution in [0.15, 0.2) is 42.7 Å². The molecule has 4 rings (SSSR count). The molecule has 2 heterocycles. The van der Waals surface area contributed by atoms with Crippen molar-refractivity contribution in [2.45, 2.75) is 57.1 Å². The van der Waals surface area contributed by atoms with Crippen molar-refractivity contribution in [3.8, 4) is 0 Å². The van der Waals surface area contributed by atoms with E-state index in [2.05, 4.69) is 28.1 Å². The van der Waals surface area contributed by atoms with E-state index in [1.807, 2.05) is 12.1 Å². The predicted molar refractivity (Wildman–Crippen MR) is 101 cm³/mol. The van der Waals surface area contributed by atoms with Crippen LogP contribution in [0.3, 0.4) is 0 Å². The van der Waals surface area contributed by atoms with Crippen LogP contribution >= 0.6 is 0 Å². The maximum absolute atomic E-state index is 10.4. The second-order valence-electron chi connectivity index (χ2n) is 7.64. The third kappa shape index (κ3) is 4.10. The number of rotatable bonds is 5. The first-order valence-corrected chi connectivity index (χ1v) is 9.69. The lowest BCUT2D eigenvalue weighted by Crippen LogP contribution is -2.41. The van der Waals surface area contributed by atoms with Crippen LogP contribution in [0, 0.1) is 0 Å². The Hall–Kier alpha value is -1.71. The zero-order valence-electron chi connectivity index (χ0n) is 14.9. The van der Waals surface area contributed by atoms with E-state index in [4.69, 9.17) is 0 Å². The van der Waals surface area contributed by atoms with Crippen molar-refractivity contribution in [2.75, 3.05) is 13.1 Å². The normalized spacial score (nSPS) is 19.7. The van der Waals surface area contributed by atoms with Crippen molar-refractivity contribution in [2.24, 2.45) is 0 Å². The van der Waals surface area contributed by atoms with Crippen molar-refractivity contribution in [3.05, 3.63) is 65.0 Å². The molecule has 1 fully saturated rings. The largest absolute Gasteiger partial charge is 0.392 e. The molecule has 25 heavy (non-hydrogen) atoms. The first-order valence-electron chi connectivity index (χ1n) is 9.69. The Morgan fingerprint density at radius 2 is 1.68 bits per heavy atom. The lowest BCUT2D eigenvalue weighted by atomic mass is 9.91. The van der Waals surface area contributed by atoms with Gasteiger partial charge in [-0.25, -0.2) is 0 Å². The van der Waals surface area contributed by atoms with E-state index in [0.717, 1.165) is 24.4 Å². The lowest BCUT2D eigenvalue weighted by Gasteiger charge is -2.36. The average Bonchev–Trinajstić information content (AvgIpc) is 2.77. The molecule has 1 N–H and O–H groups in total. The van der Waals surface area contributed by atoms with Crippen LogP contribution in [0.2, 0.25) is 0 Å². The van der Waals surface area contributed by atoms with Crippen molar-refractivity contribution in [1.29, 1.82) is 0 Å². The van der Waals surface area contributed by atoms with Gasteiger partial charge in [0.05, 0.1) is 6.10 Å². The number of benzene rings is 1. The van der Waals surface area contributed by atoms with Gasteiger partial charge >= 0.3 is 0 Å². The summed E-state index contributed by atoms with van der Waals surface area (Å²) in [6.45, 7) is 2.41. The minimum Gasteiger partial charge on any atom is -0.392 e. The Balaban J connectivity index is 1.38. The van der Waals surface area contributed by atoms with Crippen LogP contribution in [-0.2, 0) is 25.7 Å². The predicted octanol–water partition coefficient (Wildman–Crippen LogP) is 3.18. The molecule has 0 bridgehead atoms. The number of aromatic nitrogens is 1. The highest BCUT2D eigenvalue weighted by atomic mass is 16.3. The monoisotopic (exact) mass is 336 g/mol. The van der Waals surface area contributed by atoms with Crippen molar-refractivity contribution in [1.82, 2.24) is 9.88 Å². The van der Waals surface area contributed by atoms with Gasteiger partial charge in [0.15, 0.2) is 0 Å². The fraction of sp³-hybridized carbons (Fsp3) is 0.500. The van der Waals surface area contributed by atoms with E-state index in [-0.39, 0.29) is 6.10 Å². The molecule has 1 atom stereocenters. The van der Waals surface area contributed by atoms with Crippen molar-refractivity contribution < 1.29 is 5.11 Å². The van der Waals surface area contributed by atoms with Gasteiger partial charge in [-0.15, -0.1) is 0 Å². The average molecular weight is 336 g/mol. The Morgan fingerprint density at radius 1 is 0.960 bits per heavy atom. The molecule has 1 unspecified atom stereocenters. The standard InChI is InChI=1S/C22H28N2O/c25-22(15-17-6-10-23-11-7-17)16-18-4-5-19-8-12-24(21-2-1-3-21)13-9-20(19)14-18/h4-7,10-11,14,21-22,25H,1-3,8-9,12-13,15-16H2. The number of hydrogen-bond donors (Lipinski definition) is 1. The fourth-order valence-electron chi connectivity index (χ4n) is 4.17. The molecule has 1 saturated carbocycles. The van der Waals surface area contributed by atoms with Crippen molar-refractivity contribution >= 4 is 0 Å². The molecule has 0 amide bonds. The number of aliphatic hydroxyl groups excluding tert-OH is 1. The van der Waals surface area contributed by atoms with Gasteiger partial charge in [-0.3, -0.25) is 9.88 Å². The maximum Gasteiger partial charge on any atom is 0.0620 e. The quantitative estimate of drug-likeness (QED) is 0.911. The van der Waals surface area contributed by atoms with Gasteiger partial charge in [0.1, 0.15) is 0 Å². The Labute approximate surface area is 150 Å². The summed E-state index contributed by atoms with van der Waals surface area (Å²) in [6, 6.07) is 11.7. The molecule has 132 valence electrons. The molecule has 1 aliphatic carbocycles. The summed E-state index contributed by atoms with van der Waals surface area (Å²) in [4.78, 5) is 6.73. The van der Waals surface area contributed by atoms with E-state index >= 15 is 0 Å². The van der Waals surface area contributed by atoms with Gasteiger partial charge < -0.3 is 5.11 Å². The third-order valence-electron chi connectivity index (χ3n) is 5.89. The van der Waals surface area contributed by atoms with E-state index in [1.165, 1.54) is 55.5 Å². The SMILES string of the molecule is OC(Cc1ccncc1)Cc1ccc2c(c1)CCN(C1CCC1)CC2. The molecule has 2 aromatic rings. The number of aliphatic hydroxyl groups is 1. The van der Waals surface area contributed by atoms with Crippen LogP contribution < -0.4 is 0 Å². The fourth-order valence-corrected chi connectivity index (χ4v) is 4.17. The van der Waals surface area contributed by atoms with Crippen LogP contribution in [0.1, 0.15) is 41.5 Å². The lowest BCUT2D eigenvalue weighted by molar-refractivity contribution is 0.133. The highest BCUT2D eigenvalue weighted by Gasteiger charge is 2.26.